The molecular weight excluding hydrogens is 496 g/mol. The largest absolute Gasteiger partial charge is 0.455 e. The van der Waals surface area contributed by atoms with Crippen LogP contribution >= 0.6 is 11.6 Å². The molecule has 8 heteroatoms. The Balaban J connectivity index is 1.90. The van der Waals surface area contributed by atoms with Crippen LogP contribution in [0.3, 0.4) is 0 Å². The Labute approximate surface area is 221 Å². The number of esters is 2. The second-order valence-corrected chi connectivity index (χ2v) is 11.9. The fourth-order valence-corrected chi connectivity index (χ4v) is 6.90. The van der Waals surface area contributed by atoms with Gasteiger partial charge in [0.05, 0.1) is 17.2 Å². The van der Waals surface area contributed by atoms with Crippen LogP contribution in [0.25, 0.3) is 0 Å². The number of ketones is 2. The molecule has 0 spiro atoms. The van der Waals surface area contributed by atoms with E-state index in [0.717, 1.165) is 12.8 Å². The van der Waals surface area contributed by atoms with E-state index < -0.39 is 58.4 Å². The monoisotopic (exact) mass is 528 g/mol. The van der Waals surface area contributed by atoms with Gasteiger partial charge >= 0.3 is 11.9 Å². The molecule has 198 valence electrons. The fraction of sp³-hybridized carbons (Fsp3) is 0.517. The second kappa shape index (κ2) is 9.52. The standard InChI is InChI=1S/C29H33ClO7/c1-14(2)18-21(32)19-20(22(33)24(18)37-27(35)16-8-10-17(30)11-9-16)29(6)13-7-12-28(4,5)26(29)23(34)25(19)36-15(3)31/h8-11,14,23,25-26,34H,7,12-13H2,1-6H3/t23-,25-,26+,29-/m1/s1. The van der Waals surface area contributed by atoms with E-state index in [2.05, 4.69) is 0 Å². The highest BCUT2D eigenvalue weighted by Gasteiger charge is 2.62. The Bertz CT molecular complexity index is 1240. The molecule has 0 saturated heterocycles. The number of allylic oxidation sites excluding steroid dienone is 2. The van der Waals surface area contributed by atoms with Crippen molar-refractivity contribution in [3.05, 3.63) is 57.3 Å². The minimum absolute atomic E-state index is 0.000795. The van der Waals surface area contributed by atoms with E-state index in [4.69, 9.17) is 21.1 Å². The molecule has 4 atom stereocenters. The molecule has 0 amide bonds. The number of carbonyl (C=O) groups excluding carboxylic acids is 4. The van der Waals surface area contributed by atoms with Crippen molar-refractivity contribution < 1.29 is 33.8 Å². The first kappa shape index (κ1) is 27.3. The molecule has 1 fully saturated rings. The number of rotatable bonds is 4. The third kappa shape index (κ3) is 4.46. The van der Waals surface area contributed by atoms with E-state index >= 15 is 0 Å². The van der Waals surface area contributed by atoms with Crippen LogP contribution in [0.2, 0.25) is 5.02 Å². The Morgan fingerprint density at radius 2 is 1.68 bits per heavy atom. The zero-order valence-corrected chi connectivity index (χ0v) is 22.8. The van der Waals surface area contributed by atoms with E-state index in [-0.39, 0.29) is 28.0 Å². The van der Waals surface area contributed by atoms with Crippen molar-refractivity contribution in [3.63, 3.8) is 0 Å². The van der Waals surface area contributed by atoms with Crippen molar-refractivity contribution in [2.75, 3.05) is 0 Å². The second-order valence-electron chi connectivity index (χ2n) is 11.5. The fourth-order valence-electron chi connectivity index (χ4n) is 6.78. The van der Waals surface area contributed by atoms with Crippen molar-refractivity contribution >= 4 is 35.1 Å². The summed E-state index contributed by atoms with van der Waals surface area (Å²) in [5, 5.41) is 12.0. The third-order valence-corrected chi connectivity index (χ3v) is 8.39. The van der Waals surface area contributed by atoms with Crippen LogP contribution < -0.4 is 0 Å². The minimum atomic E-state index is -1.29. The lowest BCUT2D eigenvalue weighted by Gasteiger charge is -2.58. The van der Waals surface area contributed by atoms with Gasteiger partial charge in [-0.2, -0.15) is 0 Å². The molecule has 0 radical (unpaired) electrons. The number of fused-ring (bicyclic) bond motifs is 2. The summed E-state index contributed by atoms with van der Waals surface area (Å²) < 4.78 is 11.2. The van der Waals surface area contributed by atoms with Crippen LogP contribution in [0.15, 0.2) is 46.7 Å². The van der Waals surface area contributed by atoms with Gasteiger partial charge in [0.25, 0.3) is 0 Å². The van der Waals surface area contributed by atoms with E-state index in [1.54, 1.807) is 13.8 Å². The lowest BCUT2D eigenvalue weighted by Crippen LogP contribution is -2.60. The Hall–Kier alpha value is -2.77. The van der Waals surface area contributed by atoms with Gasteiger partial charge in [0.1, 0.15) is 0 Å². The number of ether oxygens (including phenoxy) is 2. The predicted molar refractivity (Wildman–Crippen MR) is 137 cm³/mol. The van der Waals surface area contributed by atoms with Gasteiger partial charge in [0.15, 0.2) is 17.6 Å². The normalized spacial score (nSPS) is 29.2. The SMILES string of the molecule is CC(=O)O[C@@H]1C2=C(C(=O)C(OC(=O)c3ccc(Cl)cc3)=C(C(C)C)C2=O)[C@@]2(C)CCCC(C)(C)[C@@H]2[C@@H]1O. The number of aliphatic hydroxyl groups is 1. The maximum atomic E-state index is 14.3. The topological polar surface area (TPSA) is 107 Å². The molecule has 7 nitrogen and oxygen atoms in total. The summed E-state index contributed by atoms with van der Waals surface area (Å²) in [4.78, 5) is 53.4. The summed E-state index contributed by atoms with van der Waals surface area (Å²) in [5.41, 5.74) is -0.920. The number of hydrogen-bond donors (Lipinski definition) is 1. The van der Waals surface area contributed by atoms with Crippen molar-refractivity contribution in [3.8, 4) is 0 Å². The number of halogens is 1. The quantitative estimate of drug-likeness (QED) is 0.433. The first-order valence-electron chi connectivity index (χ1n) is 12.6. The average molecular weight is 529 g/mol. The molecule has 0 heterocycles. The number of benzene rings is 1. The average Bonchev–Trinajstić information content (AvgIpc) is 2.78. The van der Waals surface area contributed by atoms with Crippen LogP contribution in [-0.2, 0) is 23.9 Å². The molecule has 0 aliphatic heterocycles. The molecule has 3 aliphatic rings. The lowest BCUT2D eigenvalue weighted by atomic mass is 9.47. The smallest absolute Gasteiger partial charge is 0.343 e. The highest BCUT2D eigenvalue weighted by Crippen LogP contribution is 2.61. The van der Waals surface area contributed by atoms with E-state index in [9.17, 15) is 24.3 Å². The molecular formula is C29H33ClO7. The molecule has 1 N–H and O–H groups in total. The van der Waals surface area contributed by atoms with Crippen molar-refractivity contribution in [2.45, 2.75) is 73.0 Å². The van der Waals surface area contributed by atoms with Gasteiger partial charge < -0.3 is 14.6 Å². The van der Waals surface area contributed by atoms with Crippen LogP contribution in [-0.4, -0.2) is 40.8 Å². The molecule has 1 aromatic carbocycles. The van der Waals surface area contributed by atoms with Gasteiger partial charge in [-0.3, -0.25) is 14.4 Å². The van der Waals surface area contributed by atoms with Gasteiger partial charge in [-0.1, -0.05) is 52.6 Å². The molecule has 1 aromatic rings. The van der Waals surface area contributed by atoms with Crippen molar-refractivity contribution in [2.24, 2.45) is 22.7 Å². The van der Waals surface area contributed by atoms with Gasteiger partial charge in [-0.25, -0.2) is 4.79 Å². The molecule has 37 heavy (non-hydrogen) atoms. The summed E-state index contributed by atoms with van der Waals surface area (Å²) in [7, 11) is 0. The highest BCUT2D eigenvalue weighted by atomic mass is 35.5. The summed E-state index contributed by atoms with van der Waals surface area (Å²) in [6, 6.07) is 6.03. The van der Waals surface area contributed by atoms with Crippen molar-refractivity contribution in [1.82, 2.24) is 0 Å². The Morgan fingerprint density at radius 1 is 1.05 bits per heavy atom. The van der Waals surface area contributed by atoms with Gasteiger partial charge in [0.2, 0.25) is 5.78 Å². The van der Waals surface area contributed by atoms with Gasteiger partial charge in [-0.05, 0) is 48.4 Å². The maximum absolute atomic E-state index is 14.3. The van der Waals surface area contributed by atoms with Crippen LogP contribution in [0.5, 0.6) is 0 Å². The Kier molecular flexibility index (Phi) is 7.01. The number of hydrogen-bond acceptors (Lipinski definition) is 7. The number of aliphatic hydroxyl groups excluding tert-OH is 1. The third-order valence-electron chi connectivity index (χ3n) is 8.13. The lowest BCUT2D eigenvalue weighted by molar-refractivity contribution is -0.166. The summed E-state index contributed by atoms with van der Waals surface area (Å²) >= 11 is 5.93. The first-order chi connectivity index (χ1) is 17.2. The first-order valence-corrected chi connectivity index (χ1v) is 13.0. The summed E-state index contributed by atoms with van der Waals surface area (Å²) in [6.07, 6.45) is -0.331. The van der Waals surface area contributed by atoms with Crippen LogP contribution in [0, 0.1) is 22.7 Å². The van der Waals surface area contributed by atoms with E-state index in [1.165, 1.54) is 31.2 Å². The molecule has 0 bridgehead atoms. The zero-order chi connectivity index (χ0) is 27.4. The number of Topliss-reactive ketones (excluding diaryl/α,β-unsaturated/α-hetero) is 2. The molecule has 1 saturated carbocycles. The van der Waals surface area contributed by atoms with Crippen molar-refractivity contribution in [1.29, 1.82) is 0 Å². The zero-order valence-electron chi connectivity index (χ0n) is 22.0. The van der Waals surface area contributed by atoms with Gasteiger partial charge in [0, 0.05) is 34.4 Å². The Morgan fingerprint density at radius 3 is 2.24 bits per heavy atom. The maximum Gasteiger partial charge on any atom is 0.343 e. The van der Waals surface area contributed by atoms with Gasteiger partial charge in [-0.15, -0.1) is 0 Å². The van der Waals surface area contributed by atoms with E-state index in [0.29, 0.717) is 11.4 Å². The summed E-state index contributed by atoms with van der Waals surface area (Å²) in [5.74, 6) is -3.83. The van der Waals surface area contributed by atoms with E-state index in [1.807, 2.05) is 20.8 Å². The molecule has 0 unspecified atom stereocenters. The van der Waals surface area contributed by atoms with Crippen LogP contribution in [0.1, 0.15) is 71.2 Å². The highest BCUT2D eigenvalue weighted by molar-refractivity contribution is 6.30. The molecule has 0 aromatic heterocycles. The molecule has 3 aliphatic carbocycles. The van der Waals surface area contributed by atoms with Crippen LogP contribution in [0.4, 0.5) is 0 Å². The predicted octanol–water partition coefficient (Wildman–Crippen LogP) is 4.99. The summed E-state index contributed by atoms with van der Waals surface area (Å²) in [6.45, 7) is 10.6. The molecule has 4 rings (SSSR count). The minimum Gasteiger partial charge on any atom is -0.455 e. The number of carbonyl (C=O) groups is 4.